The Kier molecular flexibility index (Phi) is 10.8. The molecule has 0 unspecified atom stereocenters. The number of ether oxygens (including phenoxy) is 2. The molecule has 0 saturated carbocycles. The molecule has 0 bridgehead atoms. The Morgan fingerprint density at radius 2 is 1.78 bits per heavy atom. The monoisotopic (exact) mass is 622 g/mol. The summed E-state index contributed by atoms with van der Waals surface area (Å²) < 4.78 is 36.8. The molecule has 0 radical (unpaired) electrons. The number of halogens is 2. The maximum absolute atomic E-state index is 12.8. The van der Waals surface area contributed by atoms with Crippen molar-refractivity contribution in [1.82, 2.24) is 35.2 Å². The van der Waals surface area contributed by atoms with E-state index in [9.17, 15) is 18.4 Å². The molecule has 0 spiro atoms. The number of anilines is 2. The van der Waals surface area contributed by atoms with Crippen molar-refractivity contribution in [3.8, 4) is 17.0 Å². The molecule has 1 saturated heterocycles. The van der Waals surface area contributed by atoms with Crippen molar-refractivity contribution in [2.45, 2.75) is 13.5 Å². The van der Waals surface area contributed by atoms with Crippen molar-refractivity contribution in [1.29, 1.82) is 0 Å². The minimum atomic E-state index is -2.89. The molecule has 4 N–H and O–H groups in total. The number of hydrogen-bond donors (Lipinski definition) is 4. The Hall–Kier alpha value is -4.66. The predicted octanol–water partition coefficient (Wildman–Crippen LogP) is 2.82. The summed E-state index contributed by atoms with van der Waals surface area (Å²) in [6, 6.07) is 11.7. The third-order valence-corrected chi connectivity index (χ3v) is 7.21. The number of hydrogen-bond acceptors (Lipinski definition) is 9. The molecule has 0 atom stereocenters. The van der Waals surface area contributed by atoms with Crippen LogP contribution in [-0.2, 0) is 9.53 Å². The van der Waals surface area contributed by atoms with Crippen LogP contribution in [0.3, 0.4) is 0 Å². The molecule has 45 heavy (non-hydrogen) atoms. The molecule has 3 heterocycles. The predicted molar refractivity (Wildman–Crippen MR) is 165 cm³/mol. The first-order valence-electron chi connectivity index (χ1n) is 14.7. The van der Waals surface area contributed by atoms with Gasteiger partial charge in [-0.1, -0.05) is 0 Å². The molecule has 2 aromatic heterocycles. The number of nitrogens with one attached hydrogen (secondary N) is 4. The number of aryl methyl sites for hydroxylation is 1. The molecule has 1 aliphatic rings. The zero-order valence-electron chi connectivity index (χ0n) is 24.9. The standard InChI is InChI=1S/C31H36F2N8O4/c1-21-18-23(4-7-25(21)30(43)37-12-17-44-16-11-35-27(42)20-40-13-8-34-9-14-40)39-28-29-38-19-26(41(29)15-10-36-28)22-2-5-24(6-3-22)45-31(32)33/h2-7,10,15,18-19,31,34H,8-9,11-14,16-17,20H2,1H3,(H,35,42)(H,36,39)(H,37,43). The van der Waals surface area contributed by atoms with E-state index < -0.39 is 6.61 Å². The number of alkyl halides is 2. The summed E-state index contributed by atoms with van der Waals surface area (Å²) in [7, 11) is 0. The quantitative estimate of drug-likeness (QED) is 0.157. The molecule has 12 nitrogen and oxygen atoms in total. The molecule has 5 rings (SSSR count). The number of piperazine rings is 1. The average molecular weight is 623 g/mol. The average Bonchev–Trinajstić information content (AvgIpc) is 3.46. The fourth-order valence-electron chi connectivity index (χ4n) is 4.99. The van der Waals surface area contributed by atoms with E-state index in [1.54, 1.807) is 42.9 Å². The number of carbonyl (C=O) groups is 2. The molecule has 14 heteroatoms. The van der Waals surface area contributed by atoms with E-state index >= 15 is 0 Å². The van der Waals surface area contributed by atoms with Gasteiger partial charge in [0.25, 0.3) is 5.91 Å². The number of imidazole rings is 1. The normalized spacial score (nSPS) is 13.6. The summed E-state index contributed by atoms with van der Waals surface area (Å²) in [4.78, 5) is 35.8. The Bertz CT molecular complexity index is 1590. The lowest BCUT2D eigenvalue weighted by Crippen LogP contribution is -2.47. The Morgan fingerprint density at radius 3 is 2.51 bits per heavy atom. The van der Waals surface area contributed by atoms with Crippen LogP contribution in [0, 0.1) is 6.92 Å². The summed E-state index contributed by atoms with van der Waals surface area (Å²) in [6.45, 7) is 4.33. The zero-order chi connectivity index (χ0) is 31.6. The van der Waals surface area contributed by atoms with E-state index in [1.807, 2.05) is 17.4 Å². The number of amides is 2. The van der Waals surface area contributed by atoms with Gasteiger partial charge in [0.1, 0.15) is 5.75 Å². The number of rotatable bonds is 14. The highest BCUT2D eigenvalue weighted by Crippen LogP contribution is 2.27. The van der Waals surface area contributed by atoms with E-state index in [-0.39, 0.29) is 17.6 Å². The van der Waals surface area contributed by atoms with Crippen molar-refractivity contribution in [3.63, 3.8) is 0 Å². The number of fused-ring (bicyclic) bond motifs is 1. The van der Waals surface area contributed by atoms with Crippen LogP contribution in [0.4, 0.5) is 20.3 Å². The van der Waals surface area contributed by atoms with E-state index in [2.05, 4.69) is 40.9 Å². The Labute approximate surface area is 259 Å². The smallest absolute Gasteiger partial charge is 0.387 e. The molecule has 1 fully saturated rings. The third kappa shape index (κ3) is 8.71. The Morgan fingerprint density at radius 1 is 1.02 bits per heavy atom. The van der Waals surface area contributed by atoms with Gasteiger partial charge in [0.05, 0.1) is 31.6 Å². The second-order valence-electron chi connectivity index (χ2n) is 10.4. The van der Waals surface area contributed by atoms with Crippen molar-refractivity contribution in [2.24, 2.45) is 0 Å². The van der Waals surface area contributed by atoms with E-state index in [4.69, 9.17) is 4.74 Å². The number of benzene rings is 2. The van der Waals surface area contributed by atoms with Crippen LogP contribution in [0.5, 0.6) is 5.75 Å². The topological polar surface area (TPSA) is 134 Å². The summed E-state index contributed by atoms with van der Waals surface area (Å²) >= 11 is 0. The summed E-state index contributed by atoms with van der Waals surface area (Å²) in [5, 5.41) is 12.2. The van der Waals surface area contributed by atoms with Gasteiger partial charge in [-0.25, -0.2) is 9.97 Å². The second-order valence-corrected chi connectivity index (χ2v) is 10.4. The highest BCUT2D eigenvalue weighted by Gasteiger charge is 2.15. The zero-order valence-corrected chi connectivity index (χ0v) is 24.9. The van der Waals surface area contributed by atoms with Gasteiger partial charge in [0.2, 0.25) is 5.91 Å². The molecule has 4 aromatic rings. The van der Waals surface area contributed by atoms with Crippen LogP contribution in [-0.4, -0.2) is 96.7 Å². The maximum atomic E-state index is 12.8. The van der Waals surface area contributed by atoms with Gasteiger partial charge in [-0.05, 0) is 55.0 Å². The van der Waals surface area contributed by atoms with Gasteiger partial charge in [-0.15, -0.1) is 0 Å². The number of carbonyl (C=O) groups excluding carboxylic acids is 2. The van der Waals surface area contributed by atoms with Crippen LogP contribution in [0.1, 0.15) is 15.9 Å². The van der Waals surface area contributed by atoms with E-state index in [0.717, 1.165) is 48.7 Å². The van der Waals surface area contributed by atoms with E-state index in [0.29, 0.717) is 49.9 Å². The first kappa shape index (κ1) is 31.8. The Balaban J connectivity index is 1.09. The number of aromatic nitrogens is 3. The van der Waals surface area contributed by atoms with Gasteiger partial charge >= 0.3 is 6.61 Å². The molecule has 238 valence electrons. The summed E-state index contributed by atoms with van der Waals surface area (Å²) in [5.41, 5.74) is 4.12. The van der Waals surface area contributed by atoms with Crippen molar-refractivity contribution in [2.75, 3.05) is 64.3 Å². The minimum absolute atomic E-state index is 0.0165. The second kappa shape index (κ2) is 15.4. The van der Waals surface area contributed by atoms with Crippen molar-refractivity contribution >= 4 is 29.0 Å². The fourth-order valence-corrected chi connectivity index (χ4v) is 4.99. The van der Waals surface area contributed by atoms with Crippen LogP contribution < -0.4 is 26.0 Å². The lowest BCUT2D eigenvalue weighted by molar-refractivity contribution is -0.122. The van der Waals surface area contributed by atoms with Gasteiger partial charge in [-0.3, -0.25) is 18.9 Å². The lowest BCUT2D eigenvalue weighted by atomic mass is 10.1. The molecule has 1 aliphatic heterocycles. The minimum Gasteiger partial charge on any atom is -0.435 e. The van der Waals surface area contributed by atoms with Gasteiger partial charge in [-0.2, -0.15) is 8.78 Å². The van der Waals surface area contributed by atoms with Crippen molar-refractivity contribution < 1.29 is 27.8 Å². The first-order chi connectivity index (χ1) is 21.9. The third-order valence-electron chi connectivity index (χ3n) is 7.21. The van der Waals surface area contributed by atoms with Gasteiger partial charge in [0, 0.05) is 68.5 Å². The largest absolute Gasteiger partial charge is 0.435 e. The summed E-state index contributed by atoms with van der Waals surface area (Å²) in [5.74, 6) is 0.355. The molecular formula is C31H36F2N8O4. The van der Waals surface area contributed by atoms with Crippen LogP contribution in [0.2, 0.25) is 0 Å². The molecule has 0 aliphatic carbocycles. The van der Waals surface area contributed by atoms with Crippen LogP contribution in [0.25, 0.3) is 16.9 Å². The molecule has 2 aromatic carbocycles. The SMILES string of the molecule is Cc1cc(Nc2nccn3c(-c4ccc(OC(F)F)cc4)cnc23)ccc1C(=O)NCCOCCNC(=O)CN1CCNCC1. The summed E-state index contributed by atoms with van der Waals surface area (Å²) in [6.07, 6.45) is 5.07. The lowest BCUT2D eigenvalue weighted by Gasteiger charge is -2.26. The first-order valence-corrected chi connectivity index (χ1v) is 14.7. The molecule has 2 amide bonds. The maximum Gasteiger partial charge on any atom is 0.387 e. The van der Waals surface area contributed by atoms with E-state index in [1.165, 1.54) is 12.1 Å². The van der Waals surface area contributed by atoms with Gasteiger partial charge in [0.15, 0.2) is 11.5 Å². The van der Waals surface area contributed by atoms with Gasteiger partial charge < -0.3 is 30.7 Å². The molecular weight excluding hydrogens is 586 g/mol. The fraction of sp³-hybridized carbons (Fsp3) is 0.355. The van der Waals surface area contributed by atoms with Crippen molar-refractivity contribution in [3.05, 3.63) is 72.2 Å². The number of nitrogens with zero attached hydrogens (tertiary/aromatic N) is 4. The van der Waals surface area contributed by atoms with Crippen LogP contribution >= 0.6 is 0 Å². The highest BCUT2D eigenvalue weighted by atomic mass is 19.3. The van der Waals surface area contributed by atoms with Crippen LogP contribution in [0.15, 0.2) is 61.1 Å². The highest BCUT2D eigenvalue weighted by molar-refractivity contribution is 5.96.